The molecule has 2 aromatic heterocycles. The minimum atomic E-state index is -0.680. The van der Waals surface area contributed by atoms with Crippen LogP contribution in [0.2, 0.25) is 0 Å². The van der Waals surface area contributed by atoms with Gasteiger partial charge in [0, 0.05) is 26.2 Å². The maximum absolute atomic E-state index is 12.6. The van der Waals surface area contributed by atoms with Gasteiger partial charge in [0.05, 0.1) is 0 Å². The average Bonchev–Trinajstić information content (AvgIpc) is 3.60. The summed E-state index contributed by atoms with van der Waals surface area (Å²) in [6.45, 7) is 0. The van der Waals surface area contributed by atoms with Crippen LogP contribution in [-0.4, -0.2) is 56.5 Å². The summed E-state index contributed by atoms with van der Waals surface area (Å²) in [4.78, 5) is 38.9. The molecule has 198 valence electrons. The number of rotatable bonds is 6. The summed E-state index contributed by atoms with van der Waals surface area (Å²) in [7, 11) is 2.66. The first-order valence-corrected chi connectivity index (χ1v) is 13.3. The number of imide groups is 2. The third-order valence-electron chi connectivity index (χ3n) is 6.67. The molecule has 4 amide bonds. The van der Waals surface area contributed by atoms with Crippen molar-refractivity contribution in [2.45, 2.75) is 16.7 Å². The van der Waals surface area contributed by atoms with E-state index in [1.54, 1.807) is 12.1 Å². The van der Waals surface area contributed by atoms with Crippen molar-refractivity contribution < 1.29 is 18.8 Å². The lowest BCUT2D eigenvalue weighted by atomic mass is 10.0. The predicted octanol–water partition coefficient (Wildman–Crippen LogP) is 5.19. The van der Waals surface area contributed by atoms with E-state index in [0.29, 0.717) is 22.4 Å². The van der Waals surface area contributed by atoms with Gasteiger partial charge in [-0.2, -0.15) is 0 Å². The van der Waals surface area contributed by atoms with Crippen molar-refractivity contribution in [3.05, 3.63) is 108 Å². The molecule has 0 saturated carbocycles. The Morgan fingerprint density at radius 1 is 0.800 bits per heavy atom. The van der Waals surface area contributed by atoms with Crippen molar-refractivity contribution in [3.63, 3.8) is 0 Å². The number of hydrogen-bond acceptors (Lipinski definition) is 7. The Kier molecular flexibility index (Phi) is 6.53. The SMILES string of the molecule is CN1C(=O)C(=Cc2ccc(Sc3nnc(Cc4cccc5ccccc45)n3-c3ccccc3)o2)C(=O)N(C)C1=O. The van der Waals surface area contributed by atoms with E-state index in [-0.39, 0.29) is 5.57 Å². The fraction of sp³-hybridized carbons (Fsp3) is 0.100. The number of nitrogens with zero attached hydrogens (tertiary/aromatic N) is 5. The monoisotopic (exact) mass is 549 g/mol. The zero-order valence-electron chi connectivity index (χ0n) is 21.6. The Hall–Kier alpha value is -4.96. The van der Waals surface area contributed by atoms with Crippen molar-refractivity contribution >= 4 is 46.5 Å². The van der Waals surface area contributed by atoms with E-state index in [2.05, 4.69) is 34.5 Å². The lowest BCUT2D eigenvalue weighted by molar-refractivity contribution is -0.134. The highest BCUT2D eigenvalue weighted by molar-refractivity contribution is 7.99. The number of benzene rings is 3. The summed E-state index contributed by atoms with van der Waals surface area (Å²) in [5.74, 6) is -0.286. The van der Waals surface area contributed by atoms with E-state index in [1.807, 2.05) is 53.1 Å². The van der Waals surface area contributed by atoms with E-state index in [0.717, 1.165) is 37.6 Å². The van der Waals surface area contributed by atoms with Gasteiger partial charge in [-0.3, -0.25) is 24.0 Å². The van der Waals surface area contributed by atoms with Gasteiger partial charge in [0.1, 0.15) is 17.2 Å². The summed E-state index contributed by atoms with van der Waals surface area (Å²) < 4.78 is 7.94. The molecular weight excluding hydrogens is 526 g/mol. The molecule has 1 aliphatic rings. The lowest BCUT2D eigenvalue weighted by Gasteiger charge is -2.28. The quantitative estimate of drug-likeness (QED) is 0.212. The highest BCUT2D eigenvalue weighted by Gasteiger charge is 2.38. The first-order valence-electron chi connectivity index (χ1n) is 12.5. The Labute approximate surface area is 233 Å². The Morgan fingerprint density at radius 3 is 2.27 bits per heavy atom. The smallest absolute Gasteiger partial charge is 0.333 e. The van der Waals surface area contributed by atoms with E-state index in [4.69, 9.17) is 4.42 Å². The van der Waals surface area contributed by atoms with Crippen LogP contribution in [0.3, 0.4) is 0 Å². The molecule has 0 aliphatic carbocycles. The van der Waals surface area contributed by atoms with Gasteiger partial charge in [0.15, 0.2) is 5.09 Å². The minimum Gasteiger partial charge on any atom is -0.450 e. The van der Waals surface area contributed by atoms with Crippen LogP contribution in [0, 0.1) is 0 Å². The van der Waals surface area contributed by atoms with E-state index in [9.17, 15) is 14.4 Å². The van der Waals surface area contributed by atoms with Crippen molar-refractivity contribution in [3.8, 4) is 5.69 Å². The summed E-state index contributed by atoms with van der Waals surface area (Å²) >= 11 is 1.28. The first kappa shape index (κ1) is 25.3. The van der Waals surface area contributed by atoms with Crippen molar-refractivity contribution in [2.24, 2.45) is 0 Å². The third-order valence-corrected chi connectivity index (χ3v) is 7.54. The van der Waals surface area contributed by atoms with Crippen molar-refractivity contribution in [2.75, 3.05) is 14.1 Å². The number of carbonyl (C=O) groups excluding carboxylic acids is 3. The molecule has 0 spiro atoms. The largest absolute Gasteiger partial charge is 0.450 e. The van der Waals surface area contributed by atoms with Crippen LogP contribution < -0.4 is 0 Å². The van der Waals surface area contributed by atoms with E-state index < -0.39 is 17.8 Å². The molecule has 3 aromatic carbocycles. The molecule has 1 saturated heterocycles. The van der Waals surface area contributed by atoms with Gasteiger partial charge in [-0.15, -0.1) is 10.2 Å². The second kappa shape index (κ2) is 10.3. The zero-order chi connectivity index (χ0) is 27.8. The molecule has 1 fully saturated rings. The minimum absolute atomic E-state index is 0.152. The third kappa shape index (κ3) is 4.58. The van der Waals surface area contributed by atoms with Gasteiger partial charge >= 0.3 is 6.03 Å². The van der Waals surface area contributed by atoms with Crippen LogP contribution in [0.5, 0.6) is 0 Å². The molecule has 40 heavy (non-hydrogen) atoms. The summed E-state index contributed by atoms with van der Waals surface area (Å²) in [6, 6.07) is 27.1. The zero-order valence-corrected chi connectivity index (χ0v) is 22.5. The normalized spacial score (nSPS) is 13.9. The van der Waals surface area contributed by atoms with Gasteiger partial charge < -0.3 is 4.42 Å². The van der Waals surface area contributed by atoms with Crippen molar-refractivity contribution in [1.82, 2.24) is 24.6 Å². The lowest BCUT2D eigenvalue weighted by Crippen LogP contribution is -2.52. The molecule has 5 aromatic rings. The van der Waals surface area contributed by atoms with Crippen molar-refractivity contribution in [1.29, 1.82) is 0 Å². The fourth-order valence-electron chi connectivity index (χ4n) is 4.61. The Morgan fingerprint density at radius 2 is 1.50 bits per heavy atom. The average molecular weight is 550 g/mol. The van der Waals surface area contributed by atoms with Crippen LogP contribution >= 0.6 is 11.8 Å². The molecule has 3 heterocycles. The van der Waals surface area contributed by atoms with Crippen LogP contribution in [0.25, 0.3) is 22.5 Å². The number of barbiturate groups is 1. The Bertz CT molecular complexity index is 1780. The first-order chi connectivity index (χ1) is 19.4. The molecule has 0 unspecified atom stereocenters. The molecule has 1 aliphatic heterocycles. The topological polar surface area (TPSA) is 102 Å². The van der Waals surface area contributed by atoms with Gasteiger partial charge in [0.25, 0.3) is 11.8 Å². The fourth-order valence-corrected chi connectivity index (χ4v) is 5.45. The number of amides is 4. The van der Waals surface area contributed by atoms with E-state index in [1.165, 1.54) is 31.9 Å². The van der Waals surface area contributed by atoms with Gasteiger partial charge in [-0.25, -0.2) is 4.79 Å². The van der Waals surface area contributed by atoms with E-state index >= 15 is 0 Å². The number of para-hydroxylation sites is 1. The molecule has 0 radical (unpaired) electrons. The number of likely N-dealkylation sites (N-methyl/N-ethyl adjacent to an activating group) is 2. The molecule has 0 N–H and O–H groups in total. The summed E-state index contributed by atoms with van der Waals surface area (Å²) in [5, 5.41) is 12.5. The van der Waals surface area contributed by atoms with Crippen LogP contribution in [-0.2, 0) is 16.0 Å². The van der Waals surface area contributed by atoms with Gasteiger partial charge in [-0.1, -0.05) is 60.7 Å². The standard InChI is InChI=1S/C30H23N5O4S/c1-33-27(36)24(28(37)34(2)30(33)38)18-22-15-16-26(39-22)40-29-32-31-25(35(29)21-12-4-3-5-13-21)17-20-11-8-10-19-9-6-7-14-23(19)20/h3-16,18H,17H2,1-2H3. The molecule has 9 nitrogen and oxygen atoms in total. The predicted molar refractivity (Wildman–Crippen MR) is 150 cm³/mol. The molecule has 0 atom stereocenters. The molecule has 10 heteroatoms. The molecular formula is C30H23N5O4S. The second-order valence-corrected chi connectivity index (χ2v) is 10.2. The summed E-state index contributed by atoms with van der Waals surface area (Å²) in [6.07, 6.45) is 1.92. The molecule has 0 bridgehead atoms. The number of carbonyl (C=O) groups is 3. The second-order valence-electron chi connectivity index (χ2n) is 9.21. The number of fused-ring (bicyclic) bond motifs is 1. The highest BCUT2D eigenvalue weighted by Crippen LogP contribution is 2.32. The van der Waals surface area contributed by atoms with Gasteiger partial charge in [0.2, 0.25) is 5.16 Å². The number of furan rings is 1. The number of hydrogen-bond donors (Lipinski definition) is 0. The van der Waals surface area contributed by atoms with Crippen LogP contribution in [0.4, 0.5) is 4.79 Å². The van der Waals surface area contributed by atoms with Crippen LogP contribution in [0.15, 0.2) is 105 Å². The molecule has 6 rings (SSSR count). The maximum atomic E-state index is 12.6. The van der Waals surface area contributed by atoms with Gasteiger partial charge in [-0.05, 0) is 58.4 Å². The number of aromatic nitrogens is 3. The summed E-state index contributed by atoms with van der Waals surface area (Å²) in [5.41, 5.74) is 1.90. The highest BCUT2D eigenvalue weighted by atomic mass is 32.2. The van der Waals surface area contributed by atoms with Crippen LogP contribution in [0.1, 0.15) is 17.1 Å². The number of urea groups is 1. The Balaban J connectivity index is 1.33. The maximum Gasteiger partial charge on any atom is 0.333 e.